The lowest BCUT2D eigenvalue weighted by Crippen LogP contribution is -2.26. The minimum atomic E-state index is -2.86. The van der Waals surface area contributed by atoms with Crippen LogP contribution >= 0.6 is 0 Å². The summed E-state index contributed by atoms with van der Waals surface area (Å²) in [6.45, 7) is 4.72. The summed E-state index contributed by atoms with van der Waals surface area (Å²) in [4.78, 5) is 0. The van der Waals surface area contributed by atoms with Crippen molar-refractivity contribution < 1.29 is 13.5 Å². The van der Waals surface area contributed by atoms with Gasteiger partial charge in [-0.25, -0.2) is 8.42 Å². The van der Waals surface area contributed by atoms with E-state index in [4.69, 9.17) is 5.11 Å². The topological polar surface area (TPSA) is 66.4 Å². The summed E-state index contributed by atoms with van der Waals surface area (Å²) in [5.74, 6) is 0.464. The van der Waals surface area contributed by atoms with Gasteiger partial charge in [-0.2, -0.15) is 0 Å². The highest BCUT2D eigenvalue weighted by atomic mass is 32.2. The average Bonchev–Trinajstić information content (AvgIpc) is 2.02. The molecule has 0 saturated heterocycles. The Balaban J connectivity index is 3.45. The molecule has 0 spiro atoms. The average molecular weight is 223 g/mol. The van der Waals surface area contributed by atoms with Gasteiger partial charge in [-0.3, -0.25) is 0 Å². The molecule has 0 radical (unpaired) electrons. The molecule has 0 aromatic heterocycles. The molecule has 0 bridgehead atoms. The van der Waals surface area contributed by atoms with Crippen molar-refractivity contribution in [2.24, 2.45) is 0 Å². The lowest BCUT2D eigenvalue weighted by molar-refractivity contribution is 0.184. The molecule has 0 aromatic rings. The highest BCUT2D eigenvalue weighted by molar-refractivity contribution is 7.91. The van der Waals surface area contributed by atoms with E-state index in [1.54, 1.807) is 6.92 Å². The lowest BCUT2D eigenvalue weighted by atomic mass is 10.3. The Morgan fingerprint density at radius 3 is 2.43 bits per heavy atom. The van der Waals surface area contributed by atoms with Crippen molar-refractivity contribution in [3.63, 3.8) is 0 Å². The zero-order valence-corrected chi connectivity index (χ0v) is 9.81. The van der Waals surface area contributed by atoms with E-state index in [1.807, 2.05) is 6.92 Å². The minimum Gasteiger partial charge on any atom is -0.393 e. The number of rotatable bonds is 8. The standard InChI is InChI=1S/C9H21NO3S/c1-3-7-14(12,13)8-6-10-5-4-9(2)11/h9-11H,3-8H2,1-2H3. The van der Waals surface area contributed by atoms with Crippen LogP contribution < -0.4 is 5.32 Å². The van der Waals surface area contributed by atoms with Gasteiger partial charge in [0.05, 0.1) is 11.9 Å². The number of hydrogen-bond donors (Lipinski definition) is 2. The predicted molar refractivity (Wildman–Crippen MR) is 58.1 cm³/mol. The first kappa shape index (κ1) is 13.9. The molecule has 0 saturated carbocycles. The Kier molecular flexibility index (Phi) is 7.13. The number of aliphatic hydroxyl groups is 1. The molecule has 14 heavy (non-hydrogen) atoms. The van der Waals surface area contributed by atoms with Gasteiger partial charge in [0, 0.05) is 12.3 Å². The van der Waals surface area contributed by atoms with Gasteiger partial charge in [-0.15, -0.1) is 0 Å². The predicted octanol–water partition coefficient (Wildman–Crippen LogP) is 0.172. The lowest BCUT2D eigenvalue weighted by Gasteiger charge is -2.06. The zero-order chi connectivity index (χ0) is 11.0. The summed E-state index contributed by atoms with van der Waals surface area (Å²) >= 11 is 0. The molecule has 0 amide bonds. The zero-order valence-electron chi connectivity index (χ0n) is 8.99. The normalized spacial score (nSPS) is 14.2. The van der Waals surface area contributed by atoms with Crippen LogP contribution in [-0.2, 0) is 9.84 Å². The molecule has 0 aliphatic heterocycles. The molecular weight excluding hydrogens is 202 g/mol. The first-order valence-corrected chi connectivity index (χ1v) is 6.89. The van der Waals surface area contributed by atoms with Crippen molar-refractivity contribution in [2.45, 2.75) is 32.8 Å². The summed E-state index contributed by atoms with van der Waals surface area (Å²) < 4.78 is 22.5. The van der Waals surface area contributed by atoms with Crippen molar-refractivity contribution in [2.75, 3.05) is 24.6 Å². The van der Waals surface area contributed by atoms with Crippen LogP contribution in [0.15, 0.2) is 0 Å². The van der Waals surface area contributed by atoms with Crippen LogP contribution in [0, 0.1) is 0 Å². The Morgan fingerprint density at radius 1 is 1.29 bits per heavy atom. The van der Waals surface area contributed by atoms with Crippen molar-refractivity contribution in [3.8, 4) is 0 Å². The number of aliphatic hydroxyl groups excluding tert-OH is 1. The fraction of sp³-hybridized carbons (Fsp3) is 1.00. The largest absolute Gasteiger partial charge is 0.393 e. The van der Waals surface area contributed by atoms with Gasteiger partial charge in [0.1, 0.15) is 0 Å². The molecule has 0 fully saturated rings. The van der Waals surface area contributed by atoms with E-state index in [9.17, 15) is 8.42 Å². The summed E-state index contributed by atoms with van der Waals surface area (Å²) in [6, 6.07) is 0. The van der Waals surface area contributed by atoms with Crippen LogP contribution in [0.25, 0.3) is 0 Å². The monoisotopic (exact) mass is 223 g/mol. The molecule has 86 valence electrons. The maximum absolute atomic E-state index is 11.2. The highest BCUT2D eigenvalue weighted by Crippen LogP contribution is 1.92. The maximum atomic E-state index is 11.2. The van der Waals surface area contributed by atoms with E-state index in [1.165, 1.54) is 0 Å². The molecule has 0 heterocycles. The van der Waals surface area contributed by atoms with Crippen LogP contribution in [0.1, 0.15) is 26.7 Å². The highest BCUT2D eigenvalue weighted by Gasteiger charge is 2.07. The molecule has 0 aliphatic carbocycles. The van der Waals surface area contributed by atoms with Crippen molar-refractivity contribution >= 4 is 9.84 Å². The Hall–Kier alpha value is -0.130. The second-order valence-electron chi connectivity index (χ2n) is 3.54. The van der Waals surface area contributed by atoms with Crippen LogP contribution in [0.3, 0.4) is 0 Å². The third-order valence-corrected chi connectivity index (χ3v) is 3.70. The Labute approximate surface area is 86.6 Å². The number of sulfone groups is 1. The smallest absolute Gasteiger partial charge is 0.151 e. The summed E-state index contributed by atoms with van der Waals surface area (Å²) in [6.07, 6.45) is 1.01. The second-order valence-corrected chi connectivity index (χ2v) is 5.84. The van der Waals surface area contributed by atoms with Gasteiger partial charge < -0.3 is 10.4 Å². The van der Waals surface area contributed by atoms with E-state index >= 15 is 0 Å². The number of nitrogens with one attached hydrogen (secondary N) is 1. The van der Waals surface area contributed by atoms with Crippen LogP contribution in [0.2, 0.25) is 0 Å². The third-order valence-electron chi connectivity index (χ3n) is 1.84. The molecule has 5 heteroatoms. The van der Waals surface area contributed by atoms with E-state index in [0.717, 1.165) is 0 Å². The molecule has 0 aliphatic rings. The SMILES string of the molecule is CCCS(=O)(=O)CCNCCC(C)O. The van der Waals surface area contributed by atoms with Crippen LogP contribution in [0.5, 0.6) is 0 Å². The van der Waals surface area contributed by atoms with E-state index in [-0.39, 0.29) is 17.6 Å². The molecule has 0 aromatic carbocycles. The third kappa shape index (κ3) is 8.47. The van der Waals surface area contributed by atoms with Crippen molar-refractivity contribution in [3.05, 3.63) is 0 Å². The maximum Gasteiger partial charge on any atom is 0.151 e. The first-order valence-electron chi connectivity index (χ1n) is 5.07. The molecule has 0 rings (SSSR count). The molecule has 1 atom stereocenters. The van der Waals surface area contributed by atoms with Crippen LogP contribution in [-0.4, -0.2) is 44.2 Å². The summed E-state index contributed by atoms with van der Waals surface area (Å²) in [5, 5.41) is 11.9. The second kappa shape index (κ2) is 7.20. The molecule has 2 N–H and O–H groups in total. The van der Waals surface area contributed by atoms with E-state index in [2.05, 4.69) is 5.32 Å². The van der Waals surface area contributed by atoms with Crippen molar-refractivity contribution in [1.29, 1.82) is 0 Å². The van der Waals surface area contributed by atoms with Gasteiger partial charge in [-0.05, 0) is 26.3 Å². The Morgan fingerprint density at radius 2 is 1.93 bits per heavy atom. The van der Waals surface area contributed by atoms with Gasteiger partial charge >= 0.3 is 0 Å². The van der Waals surface area contributed by atoms with Gasteiger partial charge in [0.25, 0.3) is 0 Å². The van der Waals surface area contributed by atoms with Crippen LogP contribution in [0.4, 0.5) is 0 Å². The minimum absolute atomic E-state index is 0.195. The van der Waals surface area contributed by atoms with Gasteiger partial charge in [-0.1, -0.05) is 6.92 Å². The van der Waals surface area contributed by atoms with E-state index in [0.29, 0.717) is 25.9 Å². The van der Waals surface area contributed by atoms with Gasteiger partial charge in [0.15, 0.2) is 9.84 Å². The molecule has 1 unspecified atom stereocenters. The Bertz CT molecular complexity index is 224. The van der Waals surface area contributed by atoms with E-state index < -0.39 is 9.84 Å². The van der Waals surface area contributed by atoms with Gasteiger partial charge in [0.2, 0.25) is 0 Å². The summed E-state index contributed by atoms with van der Waals surface area (Å²) in [5.41, 5.74) is 0. The van der Waals surface area contributed by atoms with Crippen molar-refractivity contribution in [1.82, 2.24) is 5.32 Å². The first-order chi connectivity index (χ1) is 6.48. The fourth-order valence-electron chi connectivity index (χ4n) is 1.08. The molecule has 4 nitrogen and oxygen atoms in total. The number of hydrogen-bond acceptors (Lipinski definition) is 4. The summed E-state index contributed by atoms with van der Waals surface area (Å²) in [7, 11) is -2.86. The quantitative estimate of drug-likeness (QED) is 0.576. The fourth-order valence-corrected chi connectivity index (χ4v) is 2.36. The molecular formula is C9H21NO3S.